The third-order valence-electron chi connectivity index (χ3n) is 3.45. The molecule has 1 atom stereocenters. The molecule has 136 valence electrons. The molecule has 26 heavy (non-hydrogen) atoms. The second-order valence-electron chi connectivity index (χ2n) is 5.72. The molecule has 2 aromatic rings. The van der Waals surface area contributed by atoms with Crippen LogP contribution in [0.5, 0.6) is 11.5 Å². The number of hydrogen-bond donors (Lipinski definition) is 2. The number of aliphatic hydroxyl groups is 1. The van der Waals surface area contributed by atoms with Crippen molar-refractivity contribution in [1.29, 1.82) is 0 Å². The lowest BCUT2D eigenvalue weighted by molar-refractivity contribution is -0.142. The van der Waals surface area contributed by atoms with Crippen molar-refractivity contribution in [2.45, 2.75) is 13.0 Å². The molecular formula is C20H20O6. The van der Waals surface area contributed by atoms with Gasteiger partial charge in [0.1, 0.15) is 30.8 Å². The number of phenols is 1. The van der Waals surface area contributed by atoms with E-state index in [0.29, 0.717) is 5.56 Å². The van der Waals surface area contributed by atoms with Crippen LogP contribution in [0.2, 0.25) is 0 Å². The summed E-state index contributed by atoms with van der Waals surface area (Å²) in [6.07, 6.45) is -1.04. The maximum Gasteiger partial charge on any atom is 0.333 e. The fraction of sp³-hybridized carbons (Fsp3) is 0.200. The van der Waals surface area contributed by atoms with Crippen LogP contribution in [0.1, 0.15) is 22.8 Å². The summed E-state index contributed by atoms with van der Waals surface area (Å²) in [5.74, 6) is -0.844. The van der Waals surface area contributed by atoms with Gasteiger partial charge in [0.25, 0.3) is 0 Å². The standard InChI is InChI=1S/C20H20O6/c1-13(2)20(24)26-12-15(21)11-25-16-8-9-17(18(22)10-16)19(23)14-6-4-3-5-7-14/h3-10,15,21-22H,1,11-12H2,2H3. The van der Waals surface area contributed by atoms with Gasteiger partial charge in [0.2, 0.25) is 0 Å². The predicted octanol–water partition coefficient (Wildman–Crippen LogP) is 2.48. The molecule has 0 amide bonds. The van der Waals surface area contributed by atoms with Crippen molar-refractivity contribution in [3.8, 4) is 11.5 Å². The van der Waals surface area contributed by atoms with E-state index in [-0.39, 0.29) is 41.6 Å². The number of ether oxygens (including phenoxy) is 2. The Balaban J connectivity index is 1.94. The Kier molecular flexibility index (Phi) is 6.52. The first kappa shape index (κ1) is 19.2. The highest BCUT2D eigenvalue weighted by atomic mass is 16.5. The summed E-state index contributed by atoms with van der Waals surface area (Å²) in [5, 5.41) is 19.8. The molecule has 0 fully saturated rings. The number of benzene rings is 2. The van der Waals surface area contributed by atoms with Gasteiger partial charge in [-0.1, -0.05) is 36.9 Å². The van der Waals surface area contributed by atoms with Gasteiger partial charge in [0.15, 0.2) is 5.78 Å². The SMILES string of the molecule is C=C(C)C(=O)OCC(O)COc1ccc(C(=O)c2ccccc2)c(O)c1. The lowest BCUT2D eigenvalue weighted by Crippen LogP contribution is -2.25. The maximum absolute atomic E-state index is 12.4. The van der Waals surface area contributed by atoms with E-state index in [1.54, 1.807) is 30.3 Å². The molecule has 2 rings (SSSR count). The van der Waals surface area contributed by atoms with Gasteiger partial charge in [-0.15, -0.1) is 0 Å². The molecule has 0 saturated carbocycles. The van der Waals surface area contributed by atoms with Gasteiger partial charge in [-0.25, -0.2) is 4.79 Å². The predicted molar refractivity (Wildman–Crippen MR) is 95.3 cm³/mol. The molecule has 0 heterocycles. The average Bonchev–Trinajstić information content (AvgIpc) is 2.64. The summed E-state index contributed by atoms with van der Waals surface area (Å²) in [6, 6.07) is 12.9. The van der Waals surface area contributed by atoms with Gasteiger partial charge in [-0.2, -0.15) is 0 Å². The summed E-state index contributed by atoms with van der Waals surface area (Å²) in [7, 11) is 0. The third kappa shape index (κ3) is 5.19. The number of rotatable bonds is 8. The van der Waals surface area contributed by atoms with E-state index in [4.69, 9.17) is 9.47 Å². The molecule has 6 nitrogen and oxygen atoms in total. The van der Waals surface area contributed by atoms with Crippen molar-refractivity contribution in [3.63, 3.8) is 0 Å². The van der Waals surface area contributed by atoms with Gasteiger partial charge < -0.3 is 19.7 Å². The number of carbonyl (C=O) groups is 2. The molecule has 0 aliphatic carbocycles. The zero-order valence-corrected chi connectivity index (χ0v) is 14.3. The smallest absolute Gasteiger partial charge is 0.333 e. The highest BCUT2D eigenvalue weighted by Gasteiger charge is 2.15. The van der Waals surface area contributed by atoms with Crippen molar-refractivity contribution in [2.24, 2.45) is 0 Å². The topological polar surface area (TPSA) is 93.1 Å². The van der Waals surface area contributed by atoms with Crippen LogP contribution in [0, 0.1) is 0 Å². The van der Waals surface area contributed by atoms with Crippen LogP contribution in [0.3, 0.4) is 0 Å². The molecule has 2 aromatic carbocycles. The van der Waals surface area contributed by atoms with E-state index in [0.717, 1.165) is 0 Å². The van der Waals surface area contributed by atoms with Crippen LogP contribution in [-0.4, -0.2) is 41.3 Å². The molecule has 0 aliphatic rings. The second kappa shape index (κ2) is 8.82. The summed E-state index contributed by atoms with van der Waals surface area (Å²) in [4.78, 5) is 23.6. The molecule has 2 N–H and O–H groups in total. The van der Waals surface area contributed by atoms with E-state index < -0.39 is 12.1 Å². The van der Waals surface area contributed by atoms with Gasteiger partial charge in [0, 0.05) is 17.2 Å². The minimum atomic E-state index is -1.04. The largest absolute Gasteiger partial charge is 0.507 e. The minimum absolute atomic E-state index is 0.144. The lowest BCUT2D eigenvalue weighted by atomic mass is 10.0. The van der Waals surface area contributed by atoms with Crippen molar-refractivity contribution in [1.82, 2.24) is 0 Å². The van der Waals surface area contributed by atoms with E-state index in [2.05, 4.69) is 6.58 Å². The van der Waals surface area contributed by atoms with Gasteiger partial charge in [-0.05, 0) is 19.1 Å². The van der Waals surface area contributed by atoms with E-state index in [9.17, 15) is 19.8 Å². The fourth-order valence-electron chi connectivity index (χ4n) is 2.07. The number of carbonyl (C=O) groups excluding carboxylic acids is 2. The molecule has 1 unspecified atom stereocenters. The first-order valence-electron chi connectivity index (χ1n) is 7.94. The normalized spacial score (nSPS) is 11.5. The Morgan fingerprint density at radius 1 is 1.12 bits per heavy atom. The number of aromatic hydroxyl groups is 1. The van der Waals surface area contributed by atoms with Crippen molar-refractivity contribution < 1.29 is 29.3 Å². The number of hydrogen-bond acceptors (Lipinski definition) is 6. The van der Waals surface area contributed by atoms with Crippen molar-refractivity contribution in [2.75, 3.05) is 13.2 Å². The summed E-state index contributed by atoms with van der Waals surface area (Å²) < 4.78 is 10.2. The van der Waals surface area contributed by atoms with E-state index in [1.165, 1.54) is 25.1 Å². The van der Waals surface area contributed by atoms with Crippen LogP contribution in [0.4, 0.5) is 0 Å². The lowest BCUT2D eigenvalue weighted by Gasteiger charge is -2.13. The zero-order valence-electron chi connectivity index (χ0n) is 14.3. The minimum Gasteiger partial charge on any atom is -0.507 e. The second-order valence-corrected chi connectivity index (χ2v) is 5.72. The van der Waals surface area contributed by atoms with Crippen LogP contribution < -0.4 is 4.74 Å². The first-order valence-corrected chi connectivity index (χ1v) is 7.94. The van der Waals surface area contributed by atoms with Crippen molar-refractivity contribution >= 4 is 11.8 Å². The number of esters is 1. The number of ketones is 1. The van der Waals surface area contributed by atoms with Gasteiger partial charge >= 0.3 is 5.97 Å². The Hall–Kier alpha value is -3.12. The molecule has 0 bridgehead atoms. The van der Waals surface area contributed by atoms with Gasteiger partial charge in [0.05, 0.1) is 5.56 Å². The zero-order chi connectivity index (χ0) is 19.1. The summed E-state index contributed by atoms with van der Waals surface area (Å²) >= 11 is 0. The Bertz CT molecular complexity index is 797. The molecule has 0 aliphatic heterocycles. The molecular weight excluding hydrogens is 336 g/mol. The fourth-order valence-corrected chi connectivity index (χ4v) is 2.07. The van der Waals surface area contributed by atoms with Gasteiger partial charge in [-0.3, -0.25) is 4.79 Å². The van der Waals surface area contributed by atoms with Crippen molar-refractivity contribution in [3.05, 3.63) is 71.8 Å². The maximum atomic E-state index is 12.4. The molecule has 6 heteroatoms. The Labute approximate surface area is 151 Å². The summed E-state index contributed by atoms with van der Waals surface area (Å²) in [5.41, 5.74) is 0.854. The number of phenolic OH excluding ortho intramolecular Hbond substituents is 1. The van der Waals surface area contributed by atoms with E-state index in [1.807, 2.05) is 0 Å². The average molecular weight is 356 g/mol. The molecule has 0 saturated heterocycles. The molecule has 0 spiro atoms. The summed E-state index contributed by atoms with van der Waals surface area (Å²) in [6.45, 7) is 4.57. The highest BCUT2D eigenvalue weighted by Crippen LogP contribution is 2.26. The van der Waals surface area contributed by atoms with Crippen LogP contribution in [0.25, 0.3) is 0 Å². The molecule has 0 aromatic heterocycles. The monoisotopic (exact) mass is 356 g/mol. The van der Waals surface area contributed by atoms with Crippen LogP contribution in [-0.2, 0) is 9.53 Å². The Morgan fingerprint density at radius 2 is 1.81 bits per heavy atom. The van der Waals surface area contributed by atoms with Crippen LogP contribution >= 0.6 is 0 Å². The quantitative estimate of drug-likeness (QED) is 0.429. The Morgan fingerprint density at radius 3 is 2.42 bits per heavy atom. The van der Waals surface area contributed by atoms with E-state index >= 15 is 0 Å². The third-order valence-corrected chi connectivity index (χ3v) is 3.45. The molecule has 0 radical (unpaired) electrons. The number of aliphatic hydroxyl groups excluding tert-OH is 1. The highest BCUT2D eigenvalue weighted by molar-refractivity contribution is 6.10. The first-order chi connectivity index (χ1) is 12.4. The van der Waals surface area contributed by atoms with Crippen LogP contribution in [0.15, 0.2) is 60.7 Å².